The van der Waals surface area contributed by atoms with E-state index in [4.69, 9.17) is 5.11 Å². The highest BCUT2D eigenvalue weighted by atomic mass is 16.4. The molecule has 1 aliphatic rings. The summed E-state index contributed by atoms with van der Waals surface area (Å²) in [5.41, 5.74) is 2.84. The van der Waals surface area contributed by atoms with Crippen LogP contribution in [0.4, 0.5) is 5.69 Å². The lowest BCUT2D eigenvalue weighted by Gasteiger charge is -2.38. The molecule has 1 aromatic rings. The van der Waals surface area contributed by atoms with E-state index < -0.39 is 5.97 Å². The molecule has 2 unspecified atom stereocenters. The Morgan fingerprint density at radius 1 is 1.57 bits per heavy atom. The summed E-state index contributed by atoms with van der Waals surface area (Å²) in [6.07, 6.45) is 2.34. The third-order valence-electron chi connectivity index (χ3n) is 4.43. The average molecular weight is 286 g/mol. The summed E-state index contributed by atoms with van der Waals surface area (Å²) in [5, 5.41) is 18.3. The van der Waals surface area contributed by atoms with Crippen LogP contribution < -0.4 is 4.90 Å². The van der Waals surface area contributed by atoms with E-state index in [1.807, 2.05) is 32.0 Å². The van der Waals surface area contributed by atoms with Crippen molar-refractivity contribution in [1.29, 1.82) is 5.26 Å². The number of aliphatic carboxylic acids is 1. The van der Waals surface area contributed by atoms with Crippen molar-refractivity contribution in [2.45, 2.75) is 33.1 Å². The zero-order valence-electron chi connectivity index (χ0n) is 12.7. The smallest absolute Gasteiger partial charge is 0.303 e. The van der Waals surface area contributed by atoms with Gasteiger partial charge in [-0.1, -0.05) is 19.1 Å². The molecule has 2 rings (SSSR count). The molecule has 0 radical (unpaired) electrons. The van der Waals surface area contributed by atoms with Crippen LogP contribution in [-0.2, 0) is 4.79 Å². The van der Waals surface area contributed by atoms with Crippen LogP contribution in [0.25, 0.3) is 0 Å². The third kappa shape index (κ3) is 3.55. The van der Waals surface area contributed by atoms with Gasteiger partial charge in [-0.15, -0.1) is 0 Å². The predicted molar refractivity (Wildman–Crippen MR) is 82.2 cm³/mol. The Labute approximate surface area is 126 Å². The van der Waals surface area contributed by atoms with Crippen LogP contribution in [0.5, 0.6) is 0 Å². The number of rotatable bonds is 4. The summed E-state index contributed by atoms with van der Waals surface area (Å²) >= 11 is 0. The predicted octanol–water partition coefficient (Wildman–Crippen LogP) is 3.19. The van der Waals surface area contributed by atoms with Crippen LogP contribution in [0.2, 0.25) is 0 Å². The molecule has 0 bridgehead atoms. The number of para-hydroxylation sites is 1. The van der Waals surface area contributed by atoms with Gasteiger partial charge < -0.3 is 10.0 Å². The summed E-state index contributed by atoms with van der Waals surface area (Å²) in [4.78, 5) is 13.2. The molecule has 1 N–H and O–H groups in total. The van der Waals surface area contributed by atoms with Crippen molar-refractivity contribution in [2.75, 3.05) is 18.0 Å². The van der Waals surface area contributed by atoms with Crippen LogP contribution in [0.1, 0.15) is 37.3 Å². The molecule has 1 fully saturated rings. The number of aryl methyl sites for hydroxylation is 1. The average Bonchev–Trinajstić information content (AvgIpc) is 2.46. The highest BCUT2D eigenvalue weighted by molar-refractivity contribution is 5.67. The van der Waals surface area contributed by atoms with Crippen molar-refractivity contribution < 1.29 is 9.90 Å². The molecular weight excluding hydrogens is 264 g/mol. The number of carbonyl (C=O) groups is 1. The molecule has 2 atom stereocenters. The molecule has 21 heavy (non-hydrogen) atoms. The molecule has 4 heteroatoms. The molecule has 1 aromatic carbocycles. The van der Waals surface area contributed by atoms with Gasteiger partial charge in [-0.3, -0.25) is 4.79 Å². The summed E-state index contributed by atoms with van der Waals surface area (Å²) in [5.74, 6) is -0.186. The number of nitrogens with zero attached hydrogens (tertiary/aromatic N) is 2. The number of hydrogen-bond acceptors (Lipinski definition) is 3. The van der Waals surface area contributed by atoms with Gasteiger partial charge >= 0.3 is 5.97 Å². The number of benzene rings is 1. The molecule has 1 saturated heterocycles. The summed E-state index contributed by atoms with van der Waals surface area (Å²) in [7, 11) is 0. The lowest BCUT2D eigenvalue weighted by Crippen LogP contribution is -2.39. The van der Waals surface area contributed by atoms with Crippen LogP contribution in [0, 0.1) is 30.1 Å². The van der Waals surface area contributed by atoms with Gasteiger partial charge in [0.1, 0.15) is 6.07 Å². The zero-order chi connectivity index (χ0) is 15.4. The van der Waals surface area contributed by atoms with E-state index in [1.165, 1.54) is 0 Å². The van der Waals surface area contributed by atoms with Gasteiger partial charge in [-0.25, -0.2) is 0 Å². The topological polar surface area (TPSA) is 64.3 Å². The number of carboxylic acids is 1. The second-order valence-electron chi connectivity index (χ2n) is 6.01. The van der Waals surface area contributed by atoms with E-state index in [-0.39, 0.29) is 12.3 Å². The fourth-order valence-electron chi connectivity index (χ4n) is 3.29. The SMILES string of the molecule is Cc1cccc(C#N)c1N1CCCC(C(C)CC(=O)O)C1. The van der Waals surface area contributed by atoms with E-state index in [0.29, 0.717) is 11.5 Å². The van der Waals surface area contributed by atoms with Crippen LogP contribution >= 0.6 is 0 Å². The number of carboxylic acid groups (broad SMARTS) is 1. The fourth-order valence-corrected chi connectivity index (χ4v) is 3.29. The van der Waals surface area contributed by atoms with Crippen molar-refractivity contribution in [2.24, 2.45) is 11.8 Å². The minimum absolute atomic E-state index is 0.167. The summed E-state index contributed by atoms with van der Waals surface area (Å²) < 4.78 is 0. The summed E-state index contributed by atoms with van der Waals surface area (Å²) in [6.45, 7) is 5.83. The Hall–Kier alpha value is -2.02. The van der Waals surface area contributed by atoms with Gasteiger partial charge in [0, 0.05) is 19.5 Å². The first-order valence-electron chi connectivity index (χ1n) is 7.49. The van der Waals surface area contributed by atoms with Crippen molar-refractivity contribution >= 4 is 11.7 Å². The number of piperidine rings is 1. The molecule has 0 spiro atoms. The van der Waals surface area contributed by atoms with Crippen LogP contribution in [0.3, 0.4) is 0 Å². The lowest BCUT2D eigenvalue weighted by molar-refractivity contribution is -0.138. The Balaban J connectivity index is 2.19. The highest BCUT2D eigenvalue weighted by Crippen LogP contribution is 2.32. The second kappa shape index (κ2) is 6.62. The number of nitriles is 1. The van der Waals surface area contributed by atoms with Crippen molar-refractivity contribution in [3.63, 3.8) is 0 Å². The van der Waals surface area contributed by atoms with E-state index in [9.17, 15) is 10.1 Å². The second-order valence-corrected chi connectivity index (χ2v) is 6.01. The normalized spacial score (nSPS) is 19.9. The highest BCUT2D eigenvalue weighted by Gasteiger charge is 2.27. The first-order valence-corrected chi connectivity index (χ1v) is 7.49. The maximum atomic E-state index is 10.9. The monoisotopic (exact) mass is 286 g/mol. The fraction of sp³-hybridized carbons (Fsp3) is 0.529. The maximum absolute atomic E-state index is 10.9. The third-order valence-corrected chi connectivity index (χ3v) is 4.43. The molecule has 0 aliphatic carbocycles. The molecule has 0 amide bonds. The number of hydrogen-bond donors (Lipinski definition) is 1. The van der Waals surface area contributed by atoms with Crippen LogP contribution in [-0.4, -0.2) is 24.2 Å². The van der Waals surface area contributed by atoms with E-state index in [1.54, 1.807) is 0 Å². The summed E-state index contributed by atoms with van der Waals surface area (Å²) in [6, 6.07) is 8.06. The number of anilines is 1. The quantitative estimate of drug-likeness (QED) is 0.923. The van der Waals surface area contributed by atoms with E-state index >= 15 is 0 Å². The Bertz CT molecular complexity index is 562. The Kier molecular flexibility index (Phi) is 4.85. The van der Waals surface area contributed by atoms with Gasteiger partial charge in [-0.2, -0.15) is 5.26 Å². The van der Waals surface area contributed by atoms with Crippen molar-refractivity contribution in [1.82, 2.24) is 0 Å². The van der Waals surface area contributed by atoms with Gasteiger partial charge in [0.15, 0.2) is 0 Å². The molecule has 0 saturated carbocycles. The Morgan fingerprint density at radius 3 is 3.00 bits per heavy atom. The van der Waals surface area contributed by atoms with Gasteiger partial charge in [-0.05, 0) is 43.2 Å². The molecule has 0 aromatic heterocycles. The standard InChI is InChI=1S/C17H22N2O2/c1-12-5-3-6-14(10-18)17(12)19-8-4-7-15(11-19)13(2)9-16(20)21/h3,5-6,13,15H,4,7-9,11H2,1-2H3,(H,20,21). The van der Waals surface area contributed by atoms with Crippen molar-refractivity contribution in [3.8, 4) is 6.07 Å². The minimum atomic E-state index is -0.728. The molecule has 1 heterocycles. The first-order chi connectivity index (χ1) is 10.0. The molecule has 4 nitrogen and oxygen atoms in total. The Morgan fingerprint density at radius 2 is 2.33 bits per heavy atom. The zero-order valence-corrected chi connectivity index (χ0v) is 12.7. The van der Waals surface area contributed by atoms with E-state index in [2.05, 4.69) is 11.0 Å². The van der Waals surface area contributed by atoms with Gasteiger partial charge in [0.25, 0.3) is 0 Å². The molecular formula is C17H22N2O2. The lowest BCUT2D eigenvalue weighted by atomic mass is 9.84. The van der Waals surface area contributed by atoms with Crippen molar-refractivity contribution in [3.05, 3.63) is 29.3 Å². The maximum Gasteiger partial charge on any atom is 0.303 e. The van der Waals surface area contributed by atoms with E-state index in [0.717, 1.165) is 37.2 Å². The minimum Gasteiger partial charge on any atom is -0.481 e. The largest absolute Gasteiger partial charge is 0.481 e. The van der Waals surface area contributed by atoms with Crippen LogP contribution in [0.15, 0.2) is 18.2 Å². The van der Waals surface area contributed by atoms with Gasteiger partial charge in [0.05, 0.1) is 11.3 Å². The molecule has 1 aliphatic heterocycles. The molecule has 112 valence electrons. The van der Waals surface area contributed by atoms with Gasteiger partial charge in [0.2, 0.25) is 0 Å². The first kappa shape index (κ1) is 15.4.